The molecule has 0 amide bonds. The number of rotatable bonds is 4. The van der Waals surface area contributed by atoms with Crippen LogP contribution in [0.2, 0.25) is 0 Å². The highest BCUT2D eigenvalue weighted by molar-refractivity contribution is 7.99. The van der Waals surface area contributed by atoms with Crippen molar-refractivity contribution in [2.75, 3.05) is 12.4 Å². The average Bonchev–Trinajstić information content (AvgIpc) is 2.79. The van der Waals surface area contributed by atoms with E-state index >= 15 is 0 Å². The molecule has 4 heteroatoms. The first kappa shape index (κ1) is 11.9. The van der Waals surface area contributed by atoms with E-state index in [0.29, 0.717) is 6.10 Å². The van der Waals surface area contributed by atoms with Crippen LogP contribution in [0.15, 0.2) is 23.4 Å². The lowest BCUT2D eigenvalue weighted by Gasteiger charge is -2.13. The molecule has 0 spiro atoms. The van der Waals surface area contributed by atoms with E-state index < -0.39 is 0 Å². The van der Waals surface area contributed by atoms with Crippen LogP contribution in [0.5, 0.6) is 0 Å². The Morgan fingerprint density at radius 2 is 2.56 bits per heavy atom. The van der Waals surface area contributed by atoms with Crippen molar-refractivity contribution < 1.29 is 4.74 Å². The van der Waals surface area contributed by atoms with E-state index in [4.69, 9.17) is 10.5 Å². The zero-order valence-electron chi connectivity index (χ0n) is 9.56. The Bertz CT molecular complexity index is 338. The van der Waals surface area contributed by atoms with E-state index in [-0.39, 0.29) is 6.04 Å². The first-order valence-corrected chi connectivity index (χ1v) is 6.71. The SMILES string of the molecule is C[C@H](N)c1cccnc1SCC1CCCO1. The van der Waals surface area contributed by atoms with E-state index in [1.807, 2.05) is 19.2 Å². The van der Waals surface area contributed by atoms with Crippen molar-refractivity contribution in [2.24, 2.45) is 5.73 Å². The van der Waals surface area contributed by atoms with Crippen molar-refractivity contribution in [2.45, 2.75) is 36.9 Å². The highest BCUT2D eigenvalue weighted by Crippen LogP contribution is 2.27. The molecule has 0 bridgehead atoms. The van der Waals surface area contributed by atoms with Crippen molar-refractivity contribution in [1.29, 1.82) is 0 Å². The van der Waals surface area contributed by atoms with Gasteiger partial charge in [0.25, 0.3) is 0 Å². The first-order chi connectivity index (χ1) is 7.77. The molecule has 2 N–H and O–H groups in total. The summed E-state index contributed by atoms with van der Waals surface area (Å²) < 4.78 is 5.60. The van der Waals surface area contributed by atoms with Gasteiger partial charge in [-0.15, -0.1) is 11.8 Å². The predicted octanol–water partition coefficient (Wildman–Crippen LogP) is 2.37. The minimum Gasteiger partial charge on any atom is -0.377 e. The number of hydrogen-bond donors (Lipinski definition) is 1. The van der Waals surface area contributed by atoms with Gasteiger partial charge in [-0.1, -0.05) is 6.07 Å². The smallest absolute Gasteiger partial charge is 0.101 e. The van der Waals surface area contributed by atoms with Gasteiger partial charge in [0.15, 0.2) is 0 Å². The second kappa shape index (κ2) is 5.66. The number of nitrogens with zero attached hydrogens (tertiary/aromatic N) is 1. The van der Waals surface area contributed by atoms with Crippen LogP contribution < -0.4 is 5.73 Å². The van der Waals surface area contributed by atoms with Gasteiger partial charge in [-0.3, -0.25) is 0 Å². The second-order valence-electron chi connectivity index (χ2n) is 4.13. The maximum atomic E-state index is 5.91. The van der Waals surface area contributed by atoms with Gasteiger partial charge in [0.2, 0.25) is 0 Å². The molecule has 2 rings (SSSR count). The van der Waals surface area contributed by atoms with Crippen LogP contribution in [0.1, 0.15) is 31.4 Å². The van der Waals surface area contributed by atoms with Gasteiger partial charge in [-0.05, 0) is 25.8 Å². The van der Waals surface area contributed by atoms with E-state index in [0.717, 1.165) is 22.9 Å². The largest absolute Gasteiger partial charge is 0.377 e. The molecule has 16 heavy (non-hydrogen) atoms. The summed E-state index contributed by atoms with van der Waals surface area (Å²) in [5.74, 6) is 0.983. The van der Waals surface area contributed by atoms with Crippen molar-refractivity contribution >= 4 is 11.8 Å². The molecular weight excluding hydrogens is 220 g/mol. The molecule has 0 aromatic carbocycles. The van der Waals surface area contributed by atoms with Crippen molar-refractivity contribution in [1.82, 2.24) is 4.98 Å². The molecule has 0 radical (unpaired) electrons. The van der Waals surface area contributed by atoms with Crippen molar-refractivity contribution in [3.8, 4) is 0 Å². The summed E-state index contributed by atoms with van der Waals surface area (Å²) in [6.07, 6.45) is 4.58. The number of thioether (sulfide) groups is 1. The van der Waals surface area contributed by atoms with Gasteiger partial charge in [-0.2, -0.15) is 0 Å². The standard InChI is InChI=1S/C12H18N2OS/c1-9(13)11-5-2-6-14-12(11)16-8-10-4-3-7-15-10/h2,5-6,9-10H,3-4,7-8,13H2,1H3/t9-,10?/m0/s1. The Morgan fingerprint density at radius 1 is 1.69 bits per heavy atom. The minimum atomic E-state index is 0.0423. The predicted molar refractivity (Wildman–Crippen MR) is 66.5 cm³/mol. The van der Waals surface area contributed by atoms with Crippen LogP contribution in [0.4, 0.5) is 0 Å². The van der Waals surface area contributed by atoms with E-state index in [1.54, 1.807) is 11.8 Å². The van der Waals surface area contributed by atoms with Crippen LogP contribution in [-0.4, -0.2) is 23.4 Å². The third-order valence-electron chi connectivity index (χ3n) is 2.72. The number of ether oxygens (including phenoxy) is 1. The second-order valence-corrected chi connectivity index (χ2v) is 5.14. The molecule has 1 aromatic rings. The number of aromatic nitrogens is 1. The summed E-state index contributed by atoms with van der Waals surface area (Å²) in [6.45, 7) is 2.90. The third kappa shape index (κ3) is 2.97. The molecule has 1 saturated heterocycles. The van der Waals surface area contributed by atoms with E-state index in [1.165, 1.54) is 12.8 Å². The molecule has 0 saturated carbocycles. The molecule has 1 unspecified atom stereocenters. The fourth-order valence-corrected chi connectivity index (χ4v) is 2.98. The van der Waals surface area contributed by atoms with Gasteiger partial charge in [-0.25, -0.2) is 4.98 Å². The first-order valence-electron chi connectivity index (χ1n) is 5.72. The molecule has 3 nitrogen and oxygen atoms in total. The molecule has 1 aliphatic heterocycles. The van der Waals surface area contributed by atoms with E-state index in [2.05, 4.69) is 11.1 Å². The molecule has 2 atom stereocenters. The molecule has 1 aromatic heterocycles. The highest BCUT2D eigenvalue weighted by atomic mass is 32.2. The minimum absolute atomic E-state index is 0.0423. The Morgan fingerprint density at radius 3 is 3.25 bits per heavy atom. The molecule has 2 heterocycles. The normalized spacial score (nSPS) is 22.2. The summed E-state index contributed by atoms with van der Waals surface area (Å²) in [6, 6.07) is 4.03. The van der Waals surface area contributed by atoms with Crippen LogP contribution in [-0.2, 0) is 4.74 Å². The fraction of sp³-hybridized carbons (Fsp3) is 0.583. The molecule has 0 aliphatic carbocycles. The summed E-state index contributed by atoms with van der Waals surface area (Å²) in [7, 11) is 0. The molecule has 88 valence electrons. The average molecular weight is 238 g/mol. The van der Waals surface area contributed by atoms with Crippen LogP contribution in [0, 0.1) is 0 Å². The van der Waals surface area contributed by atoms with Crippen LogP contribution in [0.25, 0.3) is 0 Å². The number of hydrogen-bond acceptors (Lipinski definition) is 4. The summed E-state index contributed by atoms with van der Waals surface area (Å²) in [4.78, 5) is 4.39. The Labute approximate surface area is 101 Å². The monoisotopic (exact) mass is 238 g/mol. The Balaban J connectivity index is 1.97. The number of pyridine rings is 1. The van der Waals surface area contributed by atoms with Crippen molar-refractivity contribution in [3.05, 3.63) is 23.9 Å². The van der Waals surface area contributed by atoms with Gasteiger partial charge in [0.05, 0.1) is 6.10 Å². The lowest BCUT2D eigenvalue weighted by atomic mass is 10.2. The highest BCUT2D eigenvalue weighted by Gasteiger charge is 2.17. The van der Waals surface area contributed by atoms with Gasteiger partial charge in [0.1, 0.15) is 5.03 Å². The third-order valence-corrected chi connectivity index (χ3v) is 3.87. The molecule has 1 aliphatic rings. The van der Waals surface area contributed by atoms with Crippen molar-refractivity contribution in [3.63, 3.8) is 0 Å². The zero-order chi connectivity index (χ0) is 11.4. The number of nitrogens with two attached hydrogens (primary N) is 1. The zero-order valence-corrected chi connectivity index (χ0v) is 10.4. The summed E-state index contributed by atoms with van der Waals surface area (Å²) in [5, 5.41) is 1.05. The summed E-state index contributed by atoms with van der Waals surface area (Å²) in [5.41, 5.74) is 7.04. The van der Waals surface area contributed by atoms with Crippen LogP contribution in [0.3, 0.4) is 0 Å². The lowest BCUT2D eigenvalue weighted by Crippen LogP contribution is -2.10. The molecule has 1 fully saturated rings. The quantitative estimate of drug-likeness (QED) is 0.818. The Kier molecular flexibility index (Phi) is 4.21. The Hall–Kier alpha value is -0.580. The van der Waals surface area contributed by atoms with Gasteiger partial charge in [0, 0.05) is 30.2 Å². The topological polar surface area (TPSA) is 48.1 Å². The lowest BCUT2D eigenvalue weighted by molar-refractivity contribution is 0.129. The van der Waals surface area contributed by atoms with Crippen LogP contribution >= 0.6 is 11.8 Å². The summed E-state index contributed by atoms with van der Waals surface area (Å²) >= 11 is 1.76. The molecular formula is C12H18N2OS. The van der Waals surface area contributed by atoms with E-state index in [9.17, 15) is 0 Å². The van der Waals surface area contributed by atoms with Gasteiger partial charge >= 0.3 is 0 Å². The fourth-order valence-electron chi connectivity index (χ4n) is 1.82. The van der Waals surface area contributed by atoms with Gasteiger partial charge < -0.3 is 10.5 Å². The maximum Gasteiger partial charge on any atom is 0.101 e. The maximum absolute atomic E-state index is 5.91.